The summed E-state index contributed by atoms with van der Waals surface area (Å²) in [6.45, 7) is 3.90. The first-order valence-corrected chi connectivity index (χ1v) is 6.50. The maximum Gasteiger partial charge on any atom is 0.276 e. The fourth-order valence-electron chi connectivity index (χ4n) is 2.49. The zero-order chi connectivity index (χ0) is 11.8. The molecular weight excluding hydrogens is 216 g/mol. The van der Waals surface area contributed by atoms with Crippen molar-refractivity contribution in [3.63, 3.8) is 0 Å². The topological polar surface area (TPSA) is 46.3 Å². The van der Waals surface area contributed by atoms with Crippen LogP contribution >= 0.6 is 0 Å². The first-order valence-electron chi connectivity index (χ1n) is 6.50. The van der Waals surface area contributed by atoms with E-state index in [0.717, 1.165) is 25.3 Å². The predicted molar refractivity (Wildman–Crippen MR) is 62.8 cm³/mol. The van der Waals surface area contributed by atoms with Crippen molar-refractivity contribution >= 4 is 5.91 Å². The van der Waals surface area contributed by atoms with Crippen LogP contribution in [0.1, 0.15) is 54.8 Å². The van der Waals surface area contributed by atoms with Crippen LogP contribution in [0.4, 0.5) is 0 Å². The molecule has 92 valence electrons. The monoisotopic (exact) mass is 234 g/mol. The number of piperidine rings is 1. The average Bonchev–Trinajstić information content (AvgIpc) is 3.07. The van der Waals surface area contributed by atoms with E-state index in [1.54, 1.807) is 0 Å². The van der Waals surface area contributed by atoms with Gasteiger partial charge in [0.25, 0.3) is 5.91 Å². The fourth-order valence-corrected chi connectivity index (χ4v) is 2.49. The Labute approximate surface area is 101 Å². The Balaban J connectivity index is 1.71. The van der Waals surface area contributed by atoms with Gasteiger partial charge in [-0.25, -0.2) is 0 Å². The van der Waals surface area contributed by atoms with Crippen LogP contribution < -0.4 is 0 Å². The van der Waals surface area contributed by atoms with E-state index >= 15 is 0 Å². The summed E-state index contributed by atoms with van der Waals surface area (Å²) in [5.41, 5.74) is 0.487. The highest BCUT2D eigenvalue weighted by Crippen LogP contribution is 2.40. The lowest BCUT2D eigenvalue weighted by molar-refractivity contribution is 0.0672. The summed E-state index contributed by atoms with van der Waals surface area (Å²) in [7, 11) is 0. The van der Waals surface area contributed by atoms with Crippen LogP contribution in [0.25, 0.3) is 0 Å². The summed E-state index contributed by atoms with van der Waals surface area (Å²) in [5, 5.41) is 3.91. The number of likely N-dealkylation sites (tertiary alicyclic amines) is 1. The lowest BCUT2D eigenvalue weighted by Crippen LogP contribution is -2.39. The van der Waals surface area contributed by atoms with Crippen LogP contribution in [0.3, 0.4) is 0 Å². The van der Waals surface area contributed by atoms with Crippen molar-refractivity contribution in [1.82, 2.24) is 10.1 Å². The maximum absolute atomic E-state index is 12.2. The Hall–Kier alpha value is -1.32. The van der Waals surface area contributed by atoms with Crippen molar-refractivity contribution in [2.45, 2.75) is 38.5 Å². The van der Waals surface area contributed by atoms with Crippen LogP contribution in [0, 0.1) is 5.92 Å². The van der Waals surface area contributed by atoms with Gasteiger partial charge in [-0.1, -0.05) is 12.1 Å². The molecule has 2 fully saturated rings. The highest BCUT2D eigenvalue weighted by atomic mass is 16.5. The van der Waals surface area contributed by atoms with Crippen LogP contribution in [0.2, 0.25) is 0 Å². The minimum atomic E-state index is 0.0344. The second kappa shape index (κ2) is 4.17. The van der Waals surface area contributed by atoms with E-state index in [1.165, 1.54) is 19.3 Å². The van der Waals surface area contributed by atoms with Gasteiger partial charge in [0, 0.05) is 25.1 Å². The van der Waals surface area contributed by atoms with Crippen molar-refractivity contribution in [1.29, 1.82) is 0 Å². The van der Waals surface area contributed by atoms with Crippen LogP contribution in [0.5, 0.6) is 0 Å². The van der Waals surface area contributed by atoms with E-state index in [-0.39, 0.29) is 5.91 Å². The molecule has 1 aliphatic heterocycles. The van der Waals surface area contributed by atoms with Gasteiger partial charge in [-0.2, -0.15) is 0 Å². The number of carbonyl (C=O) groups is 1. The Kier molecular flexibility index (Phi) is 2.65. The molecule has 1 saturated heterocycles. The molecule has 0 aromatic carbocycles. The molecule has 1 aromatic rings. The molecule has 17 heavy (non-hydrogen) atoms. The molecule has 1 saturated carbocycles. The SMILES string of the molecule is CC1CCCN(C(=O)c2cc(C3CC3)on2)C1. The third-order valence-corrected chi connectivity index (χ3v) is 3.67. The van der Waals surface area contributed by atoms with Crippen molar-refractivity contribution in [3.8, 4) is 0 Å². The second-order valence-electron chi connectivity index (χ2n) is 5.39. The molecule has 0 radical (unpaired) electrons. The molecule has 0 bridgehead atoms. The molecule has 1 unspecified atom stereocenters. The summed E-state index contributed by atoms with van der Waals surface area (Å²) in [6.07, 6.45) is 4.66. The minimum absolute atomic E-state index is 0.0344. The molecule has 1 aliphatic carbocycles. The molecule has 0 N–H and O–H groups in total. The van der Waals surface area contributed by atoms with Gasteiger partial charge in [0.15, 0.2) is 5.69 Å². The Morgan fingerprint density at radius 2 is 2.29 bits per heavy atom. The molecule has 1 amide bonds. The summed E-state index contributed by atoms with van der Waals surface area (Å²) in [6, 6.07) is 1.83. The molecule has 0 spiro atoms. The molecule has 4 heteroatoms. The summed E-state index contributed by atoms with van der Waals surface area (Å²) < 4.78 is 5.23. The van der Waals surface area contributed by atoms with Gasteiger partial charge < -0.3 is 9.42 Å². The average molecular weight is 234 g/mol. The van der Waals surface area contributed by atoms with E-state index < -0.39 is 0 Å². The van der Waals surface area contributed by atoms with Gasteiger partial charge in [0.2, 0.25) is 0 Å². The van der Waals surface area contributed by atoms with Gasteiger partial charge in [0.1, 0.15) is 5.76 Å². The lowest BCUT2D eigenvalue weighted by atomic mass is 10.00. The largest absolute Gasteiger partial charge is 0.360 e. The zero-order valence-electron chi connectivity index (χ0n) is 10.2. The highest BCUT2D eigenvalue weighted by Gasteiger charge is 2.30. The first-order chi connectivity index (χ1) is 8.24. The summed E-state index contributed by atoms with van der Waals surface area (Å²) in [4.78, 5) is 14.1. The first kappa shape index (κ1) is 10.8. The Morgan fingerprint density at radius 1 is 1.47 bits per heavy atom. The number of amides is 1. The van der Waals surface area contributed by atoms with E-state index in [2.05, 4.69) is 12.1 Å². The van der Waals surface area contributed by atoms with Crippen molar-refractivity contribution in [2.24, 2.45) is 5.92 Å². The van der Waals surface area contributed by atoms with Crippen molar-refractivity contribution < 1.29 is 9.32 Å². The van der Waals surface area contributed by atoms with E-state index in [0.29, 0.717) is 17.5 Å². The highest BCUT2D eigenvalue weighted by molar-refractivity contribution is 5.92. The Morgan fingerprint density at radius 3 is 3.00 bits per heavy atom. The quantitative estimate of drug-likeness (QED) is 0.789. The van der Waals surface area contributed by atoms with Crippen molar-refractivity contribution in [2.75, 3.05) is 13.1 Å². The number of carbonyl (C=O) groups excluding carboxylic acids is 1. The number of nitrogens with zero attached hydrogens (tertiary/aromatic N) is 2. The maximum atomic E-state index is 12.2. The number of hydrogen-bond donors (Lipinski definition) is 0. The number of rotatable bonds is 2. The summed E-state index contributed by atoms with van der Waals surface area (Å²) >= 11 is 0. The normalized spacial score (nSPS) is 25.0. The Bertz CT molecular complexity index is 423. The molecule has 3 rings (SSSR count). The van der Waals surface area contributed by atoms with Gasteiger partial charge >= 0.3 is 0 Å². The molecule has 1 aromatic heterocycles. The predicted octanol–water partition coefficient (Wildman–Crippen LogP) is 2.42. The third-order valence-electron chi connectivity index (χ3n) is 3.67. The standard InChI is InChI=1S/C13H18N2O2/c1-9-3-2-6-15(8-9)13(16)11-7-12(17-14-11)10-4-5-10/h7,9-10H,2-6,8H2,1H3. The zero-order valence-corrected chi connectivity index (χ0v) is 10.2. The molecule has 1 atom stereocenters. The summed E-state index contributed by atoms with van der Waals surface area (Å²) in [5.74, 6) is 2.04. The van der Waals surface area contributed by atoms with E-state index in [4.69, 9.17) is 4.52 Å². The second-order valence-corrected chi connectivity index (χ2v) is 5.39. The minimum Gasteiger partial charge on any atom is -0.360 e. The van der Waals surface area contributed by atoms with Crippen LogP contribution in [-0.4, -0.2) is 29.1 Å². The number of hydrogen-bond acceptors (Lipinski definition) is 3. The van der Waals surface area contributed by atoms with E-state index in [9.17, 15) is 4.79 Å². The van der Waals surface area contributed by atoms with E-state index in [1.807, 2.05) is 11.0 Å². The third kappa shape index (κ3) is 2.21. The van der Waals surface area contributed by atoms with Gasteiger partial charge in [0.05, 0.1) is 0 Å². The lowest BCUT2D eigenvalue weighted by Gasteiger charge is -2.30. The van der Waals surface area contributed by atoms with Gasteiger partial charge in [-0.15, -0.1) is 0 Å². The molecule has 2 aliphatic rings. The molecular formula is C13H18N2O2. The smallest absolute Gasteiger partial charge is 0.276 e. The molecule has 2 heterocycles. The van der Waals surface area contributed by atoms with Crippen LogP contribution in [0.15, 0.2) is 10.6 Å². The molecule has 4 nitrogen and oxygen atoms in total. The van der Waals surface area contributed by atoms with Gasteiger partial charge in [-0.05, 0) is 31.6 Å². The number of aromatic nitrogens is 1. The fraction of sp³-hybridized carbons (Fsp3) is 0.692. The van der Waals surface area contributed by atoms with Crippen molar-refractivity contribution in [3.05, 3.63) is 17.5 Å². The van der Waals surface area contributed by atoms with Gasteiger partial charge in [-0.3, -0.25) is 4.79 Å². The van der Waals surface area contributed by atoms with Crippen LogP contribution in [-0.2, 0) is 0 Å².